The number of hydrogen-bond donors (Lipinski definition) is 2. The molecule has 7 heteroatoms. The molecule has 0 aliphatic carbocycles. The molecule has 2 aromatic rings. The van der Waals surface area contributed by atoms with Crippen LogP contribution in [0.4, 0.5) is 10.1 Å². The molecular weight excluding hydrogens is 355 g/mol. The standard InChI is InChI=1S/C19H21FN2O3S/c1-14-2-6-16(7-3-14)22-19(24)13-26-12-18(23)21-10-11-25-17-8-4-15(20)5-9-17/h2-9H,10-13H2,1H3,(H,21,23)(H,22,24). The van der Waals surface area contributed by atoms with Gasteiger partial charge in [-0.2, -0.15) is 0 Å². The lowest BCUT2D eigenvalue weighted by molar-refractivity contribution is -0.118. The number of ether oxygens (including phenoxy) is 1. The molecule has 5 nitrogen and oxygen atoms in total. The molecule has 2 rings (SSSR count). The number of amides is 2. The Hall–Kier alpha value is -2.54. The first-order valence-corrected chi connectivity index (χ1v) is 9.28. The molecule has 2 N–H and O–H groups in total. The Bertz CT molecular complexity index is 721. The second kappa shape index (κ2) is 10.5. The van der Waals surface area contributed by atoms with Crippen LogP contribution in [0.1, 0.15) is 5.56 Å². The van der Waals surface area contributed by atoms with E-state index in [-0.39, 0.29) is 35.7 Å². The molecule has 0 spiro atoms. The minimum Gasteiger partial charge on any atom is -0.492 e. The average Bonchev–Trinajstić information content (AvgIpc) is 2.62. The van der Waals surface area contributed by atoms with Crippen molar-refractivity contribution in [1.82, 2.24) is 5.32 Å². The summed E-state index contributed by atoms with van der Waals surface area (Å²) in [4.78, 5) is 23.5. The first-order chi connectivity index (χ1) is 12.5. The van der Waals surface area contributed by atoms with Crippen LogP contribution in [0.5, 0.6) is 5.75 Å². The zero-order valence-electron chi connectivity index (χ0n) is 14.5. The lowest BCUT2D eigenvalue weighted by Gasteiger charge is -2.08. The summed E-state index contributed by atoms with van der Waals surface area (Å²) < 4.78 is 18.1. The number of anilines is 1. The minimum atomic E-state index is -0.325. The maximum atomic E-state index is 12.8. The number of aryl methyl sites for hydroxylation is 1. The zero-order valence-corrected chi connectivity index (χ0v) is 15.3. The zero-order chi connectivity index (χ0) is 18.8. The van der Waals surface area contributed by atoms with Gasteiger partial charge in [-0.3, -0.25) is 9.59 Å². The number of rotatable bonds is 9. The molecular formula is C19H21FN2O3S. The highest BCUT2D eigenvalue weighted by Crippen LogP contribution is 2.11. The minimum absolute atomic E-state index is 0.147. The Kier molecular flexibility index (Phi) is 7.95. The third-order valence-electron chi connectivity index (χ3n) is 3.31. The molecule has 2 aromatic carbocycles. The summed E-state index contributed by atoms with van der Waals surface area (Å²) >= 11 is 1.24. The average molecular weight is 376 g/mol. The van der Waals surface area contributed by atoms with Gasteiger partial charge in [-0.05, 0) is 43.3 Å². The summed E-state index contributed by atoms with van der Waals surface area (Å²) in [6, 6.07) is 13.2. The van der Waals surface area contributed by atoms with Crippen molar-refractivity contribution in [2.45, 2.75) is 6.92 Å². The van der Waals surface area contributed by atoms with Crippen LogP contribution in [0.3, 0.4) is 0 Å². The van der Waals surface area contributed by atoms with Crippen LogP contribution in [-0.4, -0.2) is 36.5 Å². The number of thioether (sulfide) groups is 1. The summed E-state index contributed by atoms with van der Waals surface area (Å²) in [6.45, 7) is 2.60. The summed E-state index contributed by atoms with van der Waals surface area (Å²) in [6.07, 6.45) is 0. The van der Waals surface area contributed by atoms with Gasteiger partial charge in [0.15, 0.2) is 0 Å². The molecule has 0 unspecified atom stereocenters. The molecule has 0 aliphatic heterocycles. The van der Waals surface area contributed by atoms with Gasteiger partial charge in [0.05, 0.1) is 18.1 Å². The molecule has 0 saturated heterocycles. The van der Waals surface area contributed by atoms with Crippen molar-refractivity contribution in [3.05, 3.63) is 59.9 Å². The van der Waals surface area contributed by atoms with Crippen molar-refractivity contribution in [3.8, 4) is 5.75 Å². The summed E-state index contributed by atoms with van der Waals surface area (Å²) in [5.74, 6) is 0.301. The Morgan fingerprint density at radius 1 is 1.00 bits per heavy atom. The van der Waals surface area contributed by atoms with Gasteiger partial charge >= 0.3 is 0 Å². The third-order valence-corrected chi connectivity index (χ3v) is 4.24. The van der Waals surface area contributed by atoms with Crippen molar-refractivity contribution >= 4 is 29.3 Å². The van der Waals surface area contributed by atoms with Crippen molar-refractivity contribution < 1.29 is 18.7 Å². The van der Waals surface area contributed by atoms with E-state index in [0.717, 1.165) is 11.3 Å². The first-order valence-electron chi connectivity index (χ1n) is 8.12. The highest BCUT2D eigenvalue weighted by molar-refractivity contribution is 8.00. The van der Waals surface area contributed by atoms with Crippen LogP contribution in [0.25, 0.3) is 0 Å². The number of hydrogen-bond acceptors (Lipinski definition) is 4. The predicted molar refractivity (Wildman–Crippen MR) is 102 cm³/mol. The number of carbonyl (C=O) groups is 2. The van der Waals surface area contributed by atoms with E-state index < -0.39 is 0 Å². The van der Waals surface area contributed by atoms with Gasteiger partial charge in [0.1, 0.15) is 18.2 Å². The van der Waals surface area contributed by atoms with Gasteiger partial charge in [-0.1, -0.05) is 17.7 Å². The fraction of sp³-hybridized carbons (Fsp3) is 0.263. The van der Waals surface area contributed by atoms with Crippen molar-refractivity contribution in [1.29, 1.82) is 0 Å². The Morgan fingerprint density at radius 2 is 1.65 bits per heavy atom. The fourth-order valence-corrected chi connectivity index (χ4v) is 2.66. The molecule has 0 radical (unpaired) electrons. The highest BCUT2D eigenvalue weighted by atomic mass is 32.2. The Balaban J connectivity index is 1.54. The van der Waals surface area contributed by atoms with Gasteiger partial charge in [0.2, 0.25) is 11.8 Å². The Morgan fingerprint density at radius 3 is 2.35 bits per heavy atom. The van der Waals surface area contributed by atoms with Crippen LogP contribution >= 0.6 is 11.8 Å². The lowest BCUT2D eigenvalue weighted by atomic mass is 10.2. The van der Waals surface area contributed by atoms with E-state index in [1.54, 1.807) is 0 Å². The number of carbonyl (C=O) groups excluding carboxylic acids is 2. The Labute approximate surface area is 156 Å². The van der Waals surface area contributed by atoms with E-state index in [4.69, 9.17) is 4.74 Å². The van der Waals surface area contributed by atoms with E-state index >= 15 is 0 Å². The second-order valence-electron chi connectivity index (χ2n) is 5.56. The molecule has 0 atom stereocenters. The molecule has 138 valence electrons. The highest BCUT2D eigenvalue weighted by Gasteiger charge is 2.06. The van der Waals surface area contributed by atoms with Crippen LogP contribution < -0.4 is 15.4 Å². The van der Waals surface area contributed by atoms with Crippen LogP contribution in [0, 0.1) is 12.7 Å². The first kappa shape index (κ1) is 19.8. The van der Waals surface area contributed by atoms with Gasteiger partial charge in [0, 0.05) is 5.69 Å². The summed E-state index contributed by atoms with van der Waals surface area (Å²) in [5, 5.41) is 5.48. The monoisotopic (exact) mass is 376 g/mol. The van der Waals surface area contributed by atoms with Crippen molar-refractivity contribution in [3.63, 3.8) is 0 Å². The normalized spacial score (nSPS) is 10.2. The largest absolute Gasteiger partial charge is 0.492 e. The molecule has 26 heavy (non-hydrogen) atoms. The van der Waals surface area contributed by atoms with Crippen LogP contribution in [0.2, 0.25) is 0 Å². The van der Waals surface area contributed by atoms with E-state index in [0.29, 0.717) is 12.3 Å². The molecule has 2 amide bonds. The van der Waals surface area contributed by atoms with E-state index in [1.165, 1.54) is 36.0 Å². The number of nitrogens with one attached hydrogen (secondary N) is 2. The number of halogens is 1. The fourth-order valence-electron chi connectivity index (χ4n) is 2.01. The summed E-state index contributed by atoms with van der Waals surface area (Å²) in [7, 11) is 0. The quantitative estimate of drug-likeness (QED) is 0.660. The molecule has 0 fully saturated rings. The van der Waals surface area contributed by atoms with E-state index in [9.17, 15) is 14.0 Å². The van der Waals surface area contributed by atoms with Gasteiger partial charge in [-0.15, -0.1) is 11.8 Å². The topological polar surface area (TPSA) is 67.4 Å². The van der Waals surface area contributed by atoms with Crippen LogP contribution in [0.15, 0.2) is 48.5 Å². The molecule has 0 saturated carbocycles. The van der Waals surface area contributed by atoms with Gasteiger partial charge in [-0.25, -0.2) is 4.39 Å². The molecule has 0 heterocycles. The maximum Gasteiger partial charge on any atom is 0.234 e. The van der Waals surface area contributed by atoms with E-state index in [1.807, 2.05) is 31.2 Å². The molecule has 0 bridgehead atoms. The lowest BCUT2D eigenvalue weighted by Crippen LogP contribution is -2.30. The van der Waals surface area contributed by atoms with Crippen molar-refractivity contribution in [2.24, 2.45) is 0 Å². The third kappa shape index (κ3) is 7.57. The van der Waals surface area contributed by atoms with Crippen LogP contribution in [-0.2, 0) is 9.59 Å². The smallest absolute Gasteiger partial charge is 0.234 e. The number of benzene rings is 2. The predicted octanol–water partition coefficient (Wildman–Crippen LogP) is 3.00. The van der Waals surface area contributed by atoms with Gasteiger partial charge in [0.25, 0.3) is 0 Å². The van der Waals surface area contributed by atoms with E-state index in [2.05, 4.69) is 10.6 Å². The molecule has 0 aliphatic rings. The van der Waals surface area contributed by atoms with Crippen molar-refractivity contribution in [2.75, 3.05) is 30.0 Å². The molecule has 0 aromatic heterocycles. The van der Waals surface area contributed by atoms with Gasteiger partial charge < -0.3 is 15.4 Å². The second-order valence-corrected chi connectivity index (χ2v) is 6.54. The summed E-state index contributed by atoms with van der Waals surface area (Å²) in [5.41, 5.74) is 1.86. The SMILES string of the molecule is Cc1ccc(NC(=O)CSCC(=O)NCCOc2ccc(F)cc2)cc1. The maximum absolute atomic E-state index is 12.8.